The molecule has 0 aliphatic rings. The van der Waals surface area contributed by atoms with Crippen LogP contribution in [0.25, 0.3) is 0 Å². The molecule has 0 radical (unpaired) electrons. The van der Waals surface area contributed by atoms with Gasteiger partial charge in [0.1, 0.15) is 23.0 Å². The van der Waals surface area contributed by atoms with Crippen molar-refractivity contribution in [3.05, 3.63) is 59.7 Å². The molecule has 0 bridgehead atoms. The Balaban J connectivity index is 1.99. The third-order valence-corrected chi connectivity index (χ3v) is 6.95. The van der Waals surface area contributed by atoms with Crippen molar-refractivity contribution in [1.29, 1.82) is 0 Å². The third kappa shape index (κ3) is 10.2. The fourth-order valence-corrected chi connectivity index (χ4v) is 4.34. The fourth-order valence-electron chi connectivity index (χ4n) is 4.34. The Hall–Kier alpha value is -5.66. The number of urea groups is 2. The summed E-state index contributed by atoms with van der Waals surface area (Å²) >= 11 is 0. The third-order valence-electron chi connectivity index (χ3n) is 6.95. The molecule has 0 fully saturated rings. The molecule has 0 saturated carbocycles. The Morgan fingerprint density at radius 2 is 0.979 bits per heavy atom. The van der Waals surface area contributed by atoms with E-state index in [1.165, 1.54) is 52.6 Å². The second-order valence-corrected chi connectivity index (χ2v) is 10.4. The van der Waals surface area contributed by atoms with Crippen molar-refractivity contribution >= 4 is 46.6 Å². The highest BCUT2D eigenvalue weighted by atomic mass is 16.5. The summed E-state index contributed by atoms with van der Waals surface area (Å²) in [6.07, 6.45) is 3.36. The first-order chi connectivity index (χ1) is 23.2. The summed E-state index contributed by atoms with van der Waals surface area (Å²) in [6, 6.07) is 11.6. The van der Waals surface area contributed by atoms with Gasteiger partial charge in [-0.1, -0.05) is 26.7 Å². The number of nitrogens with one attached hydrogen (secondary N) is 6. The van der Waals surface area contributed by atoms with Crippen molar-refractivity contribution in [3.63, 3.8) is 0 Å². The van der Waals surface area contributed by atoms with Gasteiger partial charge in [0.15, 0.2) is 0 Å². The molecule has 0 saturated heterocycles. The molecule has 3 aromatic rings. The van der Waals surface area contributed by atoms with Gasteiger partial charge >= 0.3 is 12.1 Å². The predicted molar refractivity (Wildman–Crippen MR) is 185 cm³/mol. The van der Waals surface area contributed by atoms with Crippen LogP contribution in [-0.4, -0.2) is 65.4 Å². The van der Waals surface area contributed by atoms with Crippen molar-refractivity contribution in [2.24, 2.45) is 0 Å². The number of methoxy groups -OCH3 is 2. The molecule has 48 heavy (non-hydrogen) atoms. The fraction of sp³-hybridized carbons (Fsp3) is 0.353. The first-order valence-electron chi connectivity index (χ1n) is 15.6. The highest BCUT2D eigenvalue weighted by Gasteiger charge is 2.21. The number of carbonyl (C=O) groups is 4. The molecular formula is C34H44N6O8. The monoisotopic (exact) mass is 664 g/mol. The molecule has 14 heteroatoms. The zero-order valence-electron chi connectivity index (χ0n) is 28.1. The smallest absolute Gasteiger partial charge is 0.318 e. The lowest BCUT2D eigenvalue weighted by Crippen LogP contribution is -2.25. The second-order valence-electron chi connectivity index (χ2n) is 10.4. The lowest BCUT2D eigenvalue weighted by molar-refractivity contribution is 0.101. The molecule has 3 aromatic carbocycles. The highest BCUT2D eigenvalue weighted by molar-refractivity contribution is 6.10. The van der Waals surface area contributed by atoms with Crippen LogP contribution in [0, 0.1) is 0 Å². The Bertz CT molecular complexity index is 1480. The lowest BCUT2D eigenvalue weighted by atomic mass is 10.1. The van der Waals surface area contributed by atoms with E-state index in [4.69, 9.17) is 18.9 Å². The SMILES string of the molecule is CCCCOc1ccc(NC(=O)NC)cc1C(=O)Nc1cc(NC(=O)c2cc(NC(=O)NC)ccc2OCCCC)c(OC)cc1OC. The average molecular weight is 665 g/mol. The number of anilines is 4. The molecule has 6 amide bonds. The van der Waals surface area contributed by atoms with E-state index in [0.29, 0.717) is 36.1 Å². The van der Waals surface area contributed by atoms with Crippen molar-refractivity contribution < 1.29 is 38.1 Å². The van der Waals surface area contributed by atoms with Crippen LogP contribution in [0.3, 0.4) is 0 Å². The molecule has 258 valence electrons. The number of amides is 6. The molecule has 0 unspecified atom stereocenters. The van der Waals surface area contributed by atoms with Crippen LogP contribution >= 0.6 is 0 Å². The Kier molecular flexibility index (Phi) is 14.2. The number of unbranched alkanes of at least 4 members (excludes halogenated alkanes) is 2. The summed E-state index contributed by atoms with van der Waals surface area (Å²) in [7, 11) is 5.83. The minimum absolute atomic E-state index is 0.165. The van der Waals surface area contributed by atoms with Crippen LogP contribution in [0.4, 0.5) is 32.3 Å². The summed E-state index contributed by atoms with van der Waals surface area (Å²) in [4.78, 5) is 51.3. The van der Waals surface area contributed by atoms with Crippen molar-refractivity contribution in [2.45, 2.75) is 39.5 Å². The molecule has 0 spiro atoms. The van der Waals surface area contributed by atoms with Crippen LogP contribution in [0.15, 0.2) is 48.5 Å². The molecule has 0 aliphatic carbocycles. The number of ether oxygens (including phenoxy) is 4. The van der Waals surface area contributed by atoms with Crippen molar-refractivity contribution in [2.75, 3.05) is 62.8 Å². The molecule has 0 heterocycles. The maximum atomic E-state index is 13.7. The average Bonchev–Trinajstić information content (AvgIpc) is 3.09. The van der Waals surface area contributed by atoms with Gasteiger partial charge in [-0.25, -0.2) is 9.59 Å². The Labute approximate surface area is 280 Å². The topological polar surface area (TPSA) is 177 Å². The van der Waals surface area contributed by atoms with Gasteiger partial charge in [0.2, 0.25) is 0 Å². The second kappa shape index (κ2) is 18.5. The van der Waals surface area contributed by atoms with Crippen LogP contribution in [-0.2, 0) is 0 Å². The van der Waals surface area contributed by atoms with Gasteiger partial charge in [-0.2, -0.15) is 0 Å². The van der Waals surface area contributed by atoms with Gasteiger partial charge in [-0.3, -0.25) is 9.59 Å². The van der Waals surface area contributed by atoms with E-state index in [1.807, 2.05) is 13.8 Å². The maximum absolute atomic E-state index is 13.7. The standard InChI is InChI=1S/C34H44N6O8/c1-7-9-15-47-27-13-11-21(37-33(43)35-3)17-23(27)31(41)39-25-19-26(30(46-6)20-29(25)45-5)40-32(42)24-18-22(38-34(44)36-4)12-14-28(24)48-16-10-8-2/h11-14,17-20H,7-10,15-16H2,1-6H3,(H,39,41)(H,40,42)(H2,35,37,43)(H2,36,38,44). The summed E-state index contributed by atoms with van der Waals surface area (Å²) < 4.78 is 22.9. The van der Waals surface area contributed by atoms with Gasteiger partial charge in [-0.15, -0.1) is 0 Å². The van der Waals surface area contributed by atoms with Gasteiger partial charge in [-0.05, 0) is 55.3 Å². The van der Waals surface area contributed by atoms with E-state index in [1.54, 1.807) is 24.3 Å². The quantitative estimate of drug-likeness (QED) is 0.1000. The number of hydrogen-bond donors (Lipinski definition) is 6. The predicted octanol–water partition coefficient (Wildman–Crippen LogP) is 6.07. The minimum Gasteiger partial charge on any atom is -0.494 e. The Morgan fingerprint density at radius 1 is 0.562 bits per heavy atom. The molecule has 14 nitrogen and oxygen atoms in total. The molecule has 3 rings (SSSR count). The lowest BCUT2D eigenvalue weighted by Gasteiger charge is -2.18. The van der Waals surface area contributed by atoms with E-state index in [0.717, 1.165) is 25.7 Å². The van der Waals surface area contributed by atoms with E-state index in [9.17, 15) is 19.2 Å². The van der Waals surface area contributed by atoms with Crippen molar-refractivity contribution in [3.8, 4) is 23.0 Å². The zero-order valence-corrected chi connectivity index (χ0v) is 28.1. The van der Waals surface area contributed by atoms with E-state index < -0.39 is 23.9 Å². The van der Waals surface area contributed by atoms with Crippen LogP contribution < -0.4 is 50.8 Å². The number of rotatable bonds is 16. The van der Waals surface area contributed by atoms with Crippen LogP contribution in [0.1, 0.15) is 60.2 Å². The molecular weight excluding hydrogens is 620 g/mol. The van der Waals surface area contributed by atoms with Gasteiger partial charge in [0, 0.05) is 31.5 Å². The summed E-state index contributed by atoms with van der Waals surface area (Å²) in [5, 5.41) is 15.9. The van der Waals surface area contributed by atoms with Gasteiger partial charge in [0.05, 0.1) is 49.9 Å². The zero-order chi connectivity index (χ0) is 35.1. The van der Waals surface area contributed by atoms with E-state index in [2.05, 4.69) is 31.9 Å². The molecule has 0 aromatic heterocycles. The van der Waals surface area contributed by atoms with E-state index >= 15 is 0 Å². The largest absolute Gasteiger partial charge is 0.494 e. The maximum Gasteiger partial charge on any atom is 0.318 e. The first-order valence-corrected chi connectivity index (χ1v) is 15.6. The highest BCUT2D eigenvalue weighted by Crippen LogP contribution is 2.38. The first kappa shape index (κ1) is 36.8. The Morgan fingerprint density at radius 3 is 1.33 bits per heavy atom. The van der Waals surface area contributed by atoms with E-state index in [-0.39, 0.29) is 34.0 Å². The van der Waals surface area contributed by atoms with Gasteiger partial charge < -0.3 is 50.8 Å². The minimum atomic E-state index is -0.553. The summed E-state index contributed by atoms with van der Waals surface area (Å²) in [6.45, 7) is 4.84. The number of hydrogen-bond acceptors (Lipinski definition) is 8. The molecule has 0 aliphatic heterocycles. The summed E-state index contributed by atoms with van der Waals surface area (Å²) in [5.41, 5.74) is 1.52. The number of carbonyl (C=O) groups excluding carboxylic acids is 4. The van der Waals surface area contributed by atoms with Crippen LogP contribution in [0.2, 0.25) is 0 Å². The molecule has 6 N–H and O–H groups in total. The van der Waals surface area contributed by atoms with Crippen LogP contribution in [0.5, 0.6) is 23.0 Å². The molecule has 0 atom stereocenters. The number of benzene rings is 3. The normalized spacial score (nSPS) is 10.3. The van der Waals surface area contributed by atoms with Gasteiger partial charge in [0.25, 0.3) is 11.8 Å². The van der Waals surface area contributed by atoms with Crippen molar-refractivity contribution in [1.82, 2.24) is 10.6 Å². The summed E-state index contributed by atoms with van der Waals surface area (Å²) in [5.74, 6) is 0.0543.